The summed E-state index contributed by atoms with van der Waals surface area (Å²) in [5.74, 6) is -0.317. The maximum atomic E-state index is 12.4. The van der Waals surface area contributed by atoms with E-state index in [4.69, 9.17) is 5.73 Å². The van der Waals surface area contributed by atoms with Crippen LogP contribution in [0.3, 0.4) is 0 Å². The predicted octanol–water partition coefficient (Wildman–Crippen LogP) is 2.32. The molecule has 3 rings (SSSR count). The van der Waals surface area contributed by atoms with Crippen molar-refractivity contribution in [3.63, 3.8) is 0 Å². The molecule has 1 aliphatic carbocycles. The normalized spacial score (nSPS) is 20.8. The number of hydrogen-bond acceptors (Lipinski definition) is 3. The highest BCUT2D eigenvalue weighted by Crippen LogP contribution is 2.45. The number of rotatable bonds is 2. The molecule has 1 fully saturated rings. The van der Waals surface area contributed by atoms with Gasteiger partial charge in [0.1, 0.15) is 5.69 Å². The summed E-state index contributed by atoms with van der Waals surface area (Å²) in [5.41, 5.74) is 7.02. The summed E-state index contributed by atoms with van der Waals surface area (Å²) in [7, 11) is 0. The lowest BCUT2D eigenvalue weighted by atomic mass is 9.89. The van der Waals surface area contributed by atoms with Gasteiger partial charge in [-0.15, -0.1) is 0 Å². The molecule has 1 amide bonds. The van der Waals surface area contributed by atoms with E-state index in [0.29, 0.717) is 16.8 Å². The van der Waals surface area contributed by atoms with Crippen molar-refractivity contribution in [3.05, 3.63) is 39.9 Å². The van der Waals surface area contributed by atoms with Gasteiger partial charge in [0.05, 0.1) is 10.9 Å². The molecule has 2 aromatic heterocycles. The number of carbonyl (C=O) groups excluding carboxylic acids is 1. The zero-order chi connectivity index (χ0) is 15.2. The van der Waals surface area contributed by atoms with Crippen LogP contribution in [0.5, 0.6) is 0 Å². The Labute approximate surface area is 122 Å². The summed E-state index contributed by atoms with van der Waals surface area (Å²) >= 11 is 0. The molecular weight excluding hydrogens is 266 g/mol. The van der Waals surface area contributed by atoms with Crippen LogP contribution in [0.4, 0.5) is 0 Å². The average Bonchev–Trinajstić information content (AvgIpc) is 2.78. The van der Waals surface area contributed by atoms with E-state index in [9.17, 15) is 9.59 Å². The molecule has 5 nitrogen and oxygen atoms in total. The number of H-pyrrole nitrogens is 1. The summed E-state index contributed by atoms with van der Waals surface area (Å²) in [6.45, 7) is 4.50. The highest BCUT2D eigenvalue weighted by atomic mass is 16.1. The SMILES string of the molecule is CC1(C)CC[C@H](c2cc(=O)c3c(C(N)=O)nccc3[nH]2)C1. The quantitative estimate of drug-likeness (QED) is 0.887. The van der Waals surface area contributed by atoms with Crippen molar-refractivity contribution >= 4 is 16.8 Å². The maximum absolute atomic E-state index is 12.4. The first-order valence-corrected chi connectivity index (χ1v) is 7.19. The molecule has 0 saturated heterocycles. The van der Waals surface area contributed by atoms with Crippen LogP contribution in [0.15, 0.2) is 23.1 Å². The molecule has 1 aliphatic rings. The standard InChI is InChI=1S/C16H19N3O2/c1-16(2)5-3-9(8-16)11-7-12(20)13-10(19-11)4-6-18-14(13)15(17)21/h4,6-7,9H,3,5,8H2,1-2H3,(H2,17,21)(H,19,20)/t9-/m0/s1. The third-order valence-corrected chi connectivity index (χ3v) is 4.40. The Morgan fingerprint density at radius 3 is 2.86 bits per heavy atom. The Balaban J connectivity index is 2.13. The van der Waals surface area contributed by atoms with Crippen molar-refractivity contribution in [2.75, 3.05) is 0 Å². The van der Waals surface area contributed by atoms with Crippen LogP contribution in [-0.2, 0) is 0 Å². The van der Waals surface area contributed by atoms with E-state index in [2.05, 4.69) is 23.8 Å². The third kappa shape index (κ3) is 2.44. The van der Waals surface area contributed by atoms with Crippen LogP contribution in [0.1, 0.15) is 55.2 Å². The highest BCUT2D eigenvalue weighted by Gasteiger charge is 2.32. The molecule has 0 radical (unpaired) electrons. The van der Waals surface area contributed by atoms with Gasteiger partial charge in [-0.2, -0.15) is 0 Å². The summed E-state index contributed by atoms with van der Waals surface area (Å²) in [6, 6.07) is 3.31. The predicted molar refractivity (Wildman–Crippen MR) is 81.3 cm³/mol. The molecule has 2 aromatic rings. The van der Waals surface area contributed by atoms with Gasteiger partial charge in [-0.05, 0) is 36.7 Å². The number of hydrogen-bond donors (Lipinski definition) is 2. The van der Waals surface area contributed by atoms with Crippen LogP contribution in [0, 0.1) is 5.41 Å². The van der Waals surface area contributed by atoms with Crippen molar-refractivity contribution < 1.29 is 4.79 Å². The van der Waals surface area contributed by atoms with Gasteiger partial charge in [0.25, 0.3) is 5.91 Å². The van der Waals surface area contributed by atoms with Crippen molar-refractivity contribution in [1.82, 2.24) is 9.97 Å². The molecule has 0 spiro atoms. The van der Waals surface area contributed by atoms with E-state index in [1.807, 2.05) is 0 Å². The summed E-state index contributed by atoms with van der Waals surface area (Å²) < 4.78 is 0. The minimum atomic E-state index is -0.680. The van der Waals surface area contributed by atoms with Crippen LogP contribution < -0.4 is 11.2 Å². The molecule has 0 aromatic carbocycles. The second kappa shape index (κ2) is 4.69. The van der Waals surface area contributed by atoms with Crippen molar-refractivity contribution in [3.8, 4) is 0 Å². The number of aromatic nitrogens is 2. The van der Waals surface area contributed by atoms with Gasteiger partial charge < -0.3 is 10.7 Å². The highest BCUT2D eigenvalue weighted by molar-refractivity contribution is 6.03. The molecule has 21 heavy (non-hydrogen) atoms. The van der Waals surface area contributed by atoms with Crippen LogP contribution in [0.25, 0.3) is 10.9 Å². The van der Waals surface area contributed by atoms with Gasteiger partial charge in [-0.25, -0.2) is 0 Å². The number of fused-ring (bicyclic) bond motifs is 1. The lowest BCUT2D eigenvalue weighted by molar-refractivity contribution is 0.0997. The molecule has 3 N–H and O–H groups in total. The molecular formula is C16H19N3O2. The van der Waals surface area contributed by atoms with Crippen LogP contribution >= 0.6 is 0 Å². The Morgan fingerprint density at radius 1 is 1.48 bits per heavy atom. The van der Waals surface area contributed by atoms with Crippen LogP contribution in [0.2, 0.25) is 0 Å². The lowest BCUT2D eigenvalue weighted by Crippen LogP contribution is -2.18. The van der Waals surface area contributed by atoms with E-state index in [-0.39, 0.29) is 16.5 Å². The average molecular weight is 285 g/mol. The molecule has 5 heteroatoms. The second-order valence-electron chi connectivity index (χ2n) is 6.64. The van der Waals surface area contributed by atoms with Gasteiger partial charge in [0.2, 0.25) is 0 Å². The number of aromatic amines is 1. The van der Waals surface area contributed by atoms with Crippen LogP contribution in [-0.4, -0.2) is 15.9 Å². The fraction of sp³-hybridized carbons (Fsp3) is 0.438. The Bertz CT molecular complexity index is 777. The summed E-state index contributed by atoms with van der Waals surface area (Å²) in [4.78, 5) is 31.0. The minimum Gasteiger partial charge on any atom is -0.364 e. The molecule has 0 unspecified atom stereocenters. The van der Waals surface area contributed by atoms with E-state index in [1.54, 1.807) is 12.1 Å². The molecule has 110 valence electrons. The van der Waals surface area contributed by atoms with Crippen molar-refractivity contribution in [1.29, 1.82) is 0 Å². The topological polar surface area (TPSA) is 88.8 Å². The van der Waals surface area contributed by atoms with Gasteiger partial charge in [-0.3, -0.25) is 14.6 Å². The molecule has 1 atom stereocenters. The number of amides is 1. The fourth-order valence-electron chi connectivity index (χ4n) is 3.33. The Morgan fingerprint density at radius 2 is 2.24 bits per heavy atom. The van der Waals surface area contributed by atoms with E-state index >= 15 is 0 Å². The second-order valence-corrected chi connectivity index (χ2v) is 6.64. The monoisotopic (exact) mass is 285 g/mol. The van der Waals surface area contributed by atoms with Crippen molar-refractivity contribution in [2.24, 2.45) is 11.1 Å². The first-order chi connectivity index (χ1) is 9.87. The minimum absolute atomic E-state index is 0.0343. The summed E-state index contributed by atoms with van der Waals surface area (Å²) in [6.07, 6.45) is 4.78. The van der Waals surface area contributed by atoms with Gasteiger partial charge in [-0.1, -0.05) is 13.8 Å². The fourth-order valence-corrected chi connectivity index (χ4v) is 3.33. The number of nitrogens with zero attached hydrogens (tertiary/aromatic N) is 1. The molecule has 1 saturated carbocycles. The smallest absolute Gasteiger partial charge is 0.268 e. The zero-order valence-electron chi connectivity index (χ0n) is 12.3. The number of carbonyl (C=O) groups is 1. The Hall–Kier alpha value is -2.17. The lowest BCUT2D eigenvalue weighted by Gasteiger charge is -2.17. The maximum Gasteiger partial charge on any atom is 0.268 e. The van der Waals surface area contributed by atoms with Gasteiger partial charge >= 0.3 is 0 Å². The number of primary amides is 1. The van der Waals surface area contributed by atoms with Crippen molar-refractivity contribution in [2.45, 2.75) is 39.0 Å². The zero-order valence-corrected chi connectivity index (χ0v) is 12.3. The number of nitrogens with two attached hydrogens (primary N) is 1. The molecule has 0 bridgehead atoms. The largest absolute Gasteiger partial charge is 0.364 e. The van der Waals surface area contributed by atoms with Gasteiger partial charge in [0.15, 0.2) is 5.43 Å². The summed E-state index contributed by atoms with van der Waals surface area (Å²) in [5, 5.41) is 0.283. The Kier molecular flexibility index (Phi) is 3.08. The van der Waals surface area contributed by atoms with E-state index in [1.165, 1.54) is 6.20 Å². The molecule has 0 aliphatic heterocycles. The van der Waals surface area contributed by atoms with E-state index < -0.39 is 5.91 Å². The first-order valence-electron chi connectivity index (χ1n) is 7.19. The first kappa shape index (κ1) is 13.8. The third-order valence-electron chi connectivity index (χ3n) is 4.40. The van der Waals surface area contributed by atoms with Gasteiger partial charge in [0, 0.05) is 18.0 Å². The van der Waals surface area contributed by atoms with E-state index in [0.717, 1.165) is 25.0 Å². The number of nitrogens with one attached hydrogen (secondary N) is 1. The number of pyridine rings is 2. The molecule has 2 heterocycles.